The van der Waals surface area contributed by atoms with Crippen LogP contribution < -0.4 is 0 Å². The first-order valence-electron chi connectivity index (χ1n) is 6.43. The monoisotopic (exact) mass is 259 g/mol. The average Bonchev–Trinajstić information content (AvgIpc) is 2.39. The number of aromatic nitrogens is 1. The van der Waals surface area contributed by atoms with E-state index in [1.807, 2.05) is 12.1 Å². The highest BCUT2D eigenvalue weighted by Gasteiger charge is 2.10. The molecule has 2 nitrogen and oxygen atoms in total. The summed E-state index contributed by atoms with van der Waals surface area (Å²) in [5.74, 6) is 0.0677. The number of pyridine rings is 1. The highest BCUT2D eigenvalue weighted by atomic mass is 19.1. The molecule has 1 N–H and O–H groups in total. The third kappa shape index (κ3) is 3.61. The van der Waals surface area contributed by atoms with Crippen molar-refractivity contribution in [3.05, 3.63) is 65.2 Å². The van der Waals surface area contributed by atoms with Crippen LogP contribution in [0.4, 0.5) is 4.39 Å². The summed E-state index contributed by atoms with van der Waals surface area (Å²) in [4.78, 5) is 3.75. The number of aliphatic hydroxyl groups is 1. The van der Waals surface area contributed by atoms with Crippen molar-refractivity contribution >= 4 is 0 Å². The van der Waals surface area contributed by atoms with Crippen molar-refractivity contribution in [1.82, 2.24) is 4.98 Å². The molecule has 0 aliphatic carbocycles. The van der Waals surface area contributed by atoms with Crippen LogP contribution in [0.1, 0.15) is 42.6 Å². The molecule has 1 aromatic heterocycles. The van der Waals surface area contributed by atoms with Gasteiger partial charge in [-0.2, -0.15) is 0 Å². The van der Waals surface area contributed by atoms with Gasteiger partial charge in [-0.15, -0.1) is 0 Å². The molecule has 1 unspecified atom stereocenters. The Morgan fingerprint density at radius 3 is 2.37 bits per heavy atom. The molecule has 0 amide bonds. The third-order valence-electron chi connectivity index (χ3n) is 3.19. The zero-order chi connectivity index (χ0) is 13.8. The maximum atomic E-state index is 13.0. The molecule has 0 fully saturated rings. The Labute approximate surface area is 112 Å². The number of rotatable bonds is 4. The number of benzene rings is 1. The quantitative estimate of drug-likeness (QED) is 0.909. The number of aliphatic hydroxyl groups excluding tert-OH is 1. The lowest BCUT2D eigenvalue weighted by atomic mass is 9.98. The van der Waals surface area contributed by atoms with Crippen LogP contribution in [-0.2, 0) is 6.42 Å². The van der Waals surface area contributed by atoms with Crippen molar-refractivity contribution in [3.8, 4) is 0 Å². The van der Waals surface area contributed by atoms with Crippen molar-refractivity contribution in [2.75, 3.05) is 0 Å². The van der Waals surface area contributed by atoms with Gasteiger partial charge in [0.2, 0.25) is 0 Å². The second-order valence-electron chi connectivity index (χ2n) is 5.05. The lowest BCUT2D eigenvalue weighted by Gasteiger charge is -2.12. The fourth-order valence-corrected chi connectivity index (χ4v) is 1.99. The summed E-state index contributed by atoms with van der Waals surface area (Å²) in [5, 5.41) is 10.1. The van der Waals surface area contributed by atoms with E-state index in [-0.39, 0.29) is 0 Å². The Kier molecular flexibility index (Phi) is 4.27. The summed E-state index contributed by atoms with van der Waals surface area (Å²) < 4.78 is 13.0. The zero-order valence-electron chi connectivity index (χ0n) is 11.2. The van der Waals surface area contributed by atoms with Gasteiger partial charge in [0.05, 0.1) is 12.3 Å². The van der Waals surface area contributed by atoms with Crippen LogP contribution in [0.5, 0.6) is 0 Å². The Hall–Kier alpha value is -1.74. The normalized spacial score (nSPS) is 12.7. The molecule has 0 spiro atoms. The number of halogens is 1. The molecule has 0 radical (unpaired) electrons. The van der Waals surface area contributed by atoms with E-state index in [0.29, 0.717) is 17.9 Å². The molecule has 100 valence electrons. The average molecular weight is 259 g/mol. The molecule has 0 saturated heterocycles. The Morgan fingerprint density at radius 1 is 1.11 bits per heavy atom. The lowest BCUT2D eigenvalue weighted by molar-refractivity contribution is 0.177. The molecule has 2 rings (SSSR count). The minimum absolute atomic E-state index is 0.424. The molecular formula is C16H18FNO. The van der Waals surface area contributed by atoms with Crippen LogP contribution in [0.25, 0.3) is 0 Å². The van der Waals surface area contributed by atoms with Gasteiger partial charge in [0.25, 0.3) is 0 Å². The van der Waals surface area contributed by atoms with Crippen molar-refractivity contribution < 1.29 is 9.50 Å². The van der Waals surface area contributed by atoms with Gasteiger partial charge in [-0.05, 0) is 23.1 Å². The van der Waals surface area contributed by atoms with Gasteiger partial charge in [0.1, 0.15) is 5.82 Å². The maximum Gasteiger partial charge on any atom is 0.141 e. The summed E-state index contributed by atoms with van der Waals surface area (Å²) >= 11 is 0. The van der Waals surface area contributed by atoms with Gasteiger partial charge in [0.15, 0.2) is 0 Å². The Morgan fingerprint density at radius 2 is 1.79 bits per heavy atom. The van der Waals surface area contributed by atoms with E-state index in [4.69, 9.17) is 0 Å². The molecule has 2 aromatic rings. The van der Waals surface area contributed by atoms with Gasteiger partial charge < -0.3 is 5.11 Å². The van der Waals surface area contributed by atoms with Gasteiger partial charge in [-0.1, -0.05) is 38.1 Å². The van der Waals surface area contributed by atoms with Crippen LogP contribution in [0.3, 0.4) is 0 Å². The molecule has 1 aromatic carbocycles. The van der Waals surface area contributed by atoms with Crippen molar-refractivity contribution in [2.45, 2.75) is 32.3 Å². The van der Waals surface area contributed by atoms with Crippen molar-refractivity contribution in [1.29, 1.82) is 0 Å². The van der Waals surface area contributed by atoms with Gasteiger partial charge in [-0.3, -0.25) is 4.98 Å². The SMILES string of the molecule is CC(C)c1ccc(CC(O)c2cncc(F)c2)cc1. The fraction of sp³-hybridized carbons (Fsp3) is 0.312. The second-order valence-corrected chi connectivity index (χ2v) is 5.05. The molecular weight excluding hydrogens is 241 g/mol. The van der Waals surface area contributed by atoms with Gasteiger partial charge >= 0.3 is 0 Å². The molecule has 0 saturated carbocycles. The standard InChI is InChI=1S/C16H18FNO/c1-11(2)13-5-3-12(4-6-13)7-16(19)14-8-15(17)10-18-9-14/h3-6,8-11,16,19H,7H2,1-2H3. The molecule has 1 atom stereocenters. The summed E-state index contributed by atoms with van der Waals surface area (Å²) in [6.45, 7) is 4.28. The zero-order valence-corrected chi connectivity index (χ0v) is 11.2. The molecule has 0 bridgehead atoms. The summed E-state index contributed by atoms with van der Waals surface area (Å²) in [6.07, 6.45) is 2.36. The molecule has 19 heavy (non-hydrogen) atoms. The van der Waals surface area contributed by atoms with E-state index in [1.165, 1.54) is 17.8 Å². The Bertz CT molecular complexity index is 537. The minimum Gasteiger partial charge on any atom is -0.388 e. The topological polar surface area (TPSA) is 33.1 Å². The van der Waals surface area contributed by atoms with E-state index >= 15 is 0 Å². The maximum absolute atomic E-state index is 13.0. The van der Waals surface area contributed by atoms with Crippen LogP contribution >= 0.6 is 0 Å². The summed E-state index contributed by atoms with van der Waals surface area (Å²) in [5.41, 5.74) is 2.81. The third-order valence-corrected chi connectivity index (χ3v) is 3.19. The van der Waals surface area contributed by atoms with E-state index < -0.39 is 11.9 Å². The summed E-state index contributed by atoms with van der Waals surface area (Å²) in [7, 11) is 0. The van der Waals surface area contributed by atoms with Crippen molar-refractivity contribution in [3.63, 3.8) is 0 Å². The number of hydrogen-bond acceptors (Lipinski definition) is 2. The lowest BCUT2D eigenvalue weighted by Crippen LogP contribution is -2.03. The predicted octanol–water partition coefficient (Wildman–Crippen LogP) is 3.62. The van der Waals surface area contributed by atoms with E-state index in [2.05, 4.69) is 31.0 Å². The smallest absolute Gasteiger partial charge is 0.141 e. The van der Waals surface area contributed by atoms with Crippen LogP contribution in [-0.4, -0.2) is 10.1 Å². The fourth-order valence-electron chi connectivity index (χ4n) is 1.99. The molecule has 3 heteroatoms. The largest absolute Gasteiger partial charge is 0.388 e. The van der Waals surface area contributed by atoms with E-state index in [1.54, 1.807) is 0 Å². The number of nitrogens with zero attached hydrogens (tertiary/aromatic N) is 1. The molecule has 1 heterocycles. The van der Waals surface area contributed by atoms with E-state index in [0.717, 1.165) is 11.8 Å². The van der Waals surface area contributed by atoms with Crippen molar-refractivity contribution in [2.24, 2.45) is 0 Å². The summed E-state index contributed by atoms with van der Waals surface area (Å²) in [6, 6.07) is 9.46. The van der Waals surface area contributed by atoms with Crippen LogP contribution in [0, 0.1) is 5.82 Å². The predicted molar refractivity (Wildman–Crippen MR) is 73.4 cm³/mol. The van der Waals surface area contributed by atoms with Crippen LogP contribution in [0.2, 0.25) is 0 Å². The highest BCUT2D eigenvalue weighted by molar-refractivity contribution is 5.26. The van der Waals surface area contributed by atoms with Gasteiger partial charge in [-0.25, -0.2) is 4.39 Å². The van der Waals surface area contributed by atoms with Gasteiger partial charge in [0, 0.05) is 18.2 Å². The molecule has 0 aliphatic heterocycles. The second kappa shape index (κ2) is 5.93. The first-order valence-corrected chi connectivity index (χ1v) is 6.43. The Balaban J connectivity index is 2.08. The number of hydrogen-bond donors (Lipinski definition) is 1. The van der Waals surface area contributed by atoms with Crippen LogP contribution in [0.15, 0.2) is 42.7 Å². The highest BCUT2D eigenvalue weighted by Crippen LogP contribution is 2.20. The van der Waals surface area contributed by atoms with E-state index in [9.17, 15) is 9.50 Å². The first kappa shape index (κ1) is 13.7. The minimum atomic E-state index is -0.729. The molecule has 0 aliphatic rings. The first-order chi connectivity index (χ1) is 9.06.